The van der Waals surface area contributed by atoms with Crippen LogP contribution < -0.4 is 10.2 Å². The summed E-state index contributed by atoms with van der Waals surface area (Å²) in [4.78, 5) is 20.5. The highest BCUT2D eigenvalue weighted by Gasteiger charge is 2.15. The highest BCUT2D eigenvalue weighted by molar-refractivity contribution is 7.99. The number of anilines is 2. The number of rotatable bonds is 4. The number of nitrogens with one attached hydrogen (secondary N) is 1. The average molecular weight is 280 g/mol. The maximum Gasteiger partial charge on any atom is 0.234 e. The van der Waals surface area contributed by atoms with Gasteiger partial charge in [0.2, 0.25) is 5.91 Å². The van der Waals surface area contributed by atoms with Crippen molar-refractivity contribution in [3.63, 3.8) is 0 Å². The van der Waals surface area contributed by atoms with Crippen LogP contribution in [0.3, 0.4) is 0 Å². The summed E-state index contributed by atoms with van der Waals surface area (Å²) in [6.45, 7) is 4.13. The van der Waals surface area contributed by atoms with Gasteiger partial charge in [0.1, 0.15) is 5.82 Å². The molecular formula is C13H20N4OS. The second-order valence-corrected chi connectivity index (χ2v) is 5.54. The van der Waals surface area contributed by atoms with Crippen molar-refractivity contribution in [3.05, 3.63) is 18.3 Å². The summed E-state index contributed by atoms with van der Waals surface area (Å²) in [5, 5.41) is 2.83. The summed E-state index contributed by atoms with van der Waals surface area (Å²) in [6.07, 6.45) is 3.64. The van der Waals surface area contributed by atoms with Gasteiger partial charge >= 0.3 is 0 Å². The van der Waals surface area contributed by atoms with Crippen LogP contribution in [0.15, 0.2) is 18.3 Å². The number of carbonyl (C=O) groups excluding carboxylic acids is 1. The number of amides is 1. The van der Waals surface area contributed by atoms with Gasteiger partial charge < -0.3 is 15.1 Å². The third-order valence-corrected chi connectivity index (χ3v) is 3.69. The predicted octanol–water partition coefficient (Wildman–Crippen LogP) is 1.13. The SMILES string of the molecule is CSCC(=O)Nc1ccc(N2CCN(C)CC2)nc1. The van der Waals surface area contributed by atoms with E-state index in [0.717, 1.165) is 37.7 Å². The number of likely N-dealkylation sites (N-methyl/N-ethyl adjacent to an activating group) is 1. The van der Waals surface area contributed by atoms with E-state index in [1.807, 2.05) is 18.4 Å². The molecule has 0 radical (unpaired) electrons. The minimum atomic E-state index is 0.0154. The minimum Gasteiger partial charge on any atom is -0.354 e. The van der Waals surface area contributed by atoms with Crippen molar-refractivity contribution in [2.24, 2.45) is 0 Å². The largest absolute Gasteiger partial charge is 0.354 e. The monoisotopic (exact) mass is 280 g/mol. The molecule has 6 heteroatoms. The summed E-state index contributed by atoms with van der Waals surface area (Å²) in [7, 11) is 2.13. The lowest BCUT2D eigenvalue weighted by atomic mass is 10.3. The topological polar surface area (TPSA) is 48.5 Å². The molecule has 0 bridgehead atoms. The molecule has 19 heavy (non-hydrogen) atoms. The van der Waals surface area contributed by atoms with Gasteiger partial charge in [0.05, 0.1) is 17.6 Å². The van der Waals surface area contributed by atoms with Crippen LogP contribution in [0.25, 0.3) is 0 Å². The van der Waals surface area contributed by atoms with E-state index < -0.39 is 0 Å². The van der Waals surface area contributed by atoms with Crippen LogP contribution >= 0.6 is 11.8 Å². The summed E-state index contributed by atoms with van der Waals surface area (Å²) in [6, 6.07) is 3.89. The van der Waals surface area contributed by atoms with Crippen LogP contribution in [0.1, 0.15) is 0 Å². The van der Waals surface area contributed by atoms with Crippen LogP contribution in [-0.4, -0.2) is 61.0 Å². The highest BCUT2D eigenvalue weighted by Crippen LogP contribution is 2.15. The molecule has 0 aromatic carbocycles. The molecule has 1 aromatic rings. The van der Waals surface area contributed by atoms with E-state index >= 15 is 0 Å². The molecule has 0 unspecified atom stereocenters. The first kappa shape index (κ1) is 14.1. The van der Waals surface area contributed by atoms with Gasteiger partial charge in [-0.3, -0.25) is 4.79 Å². The minimum absolute atomic E-state index is 0.0154. The van der Waals surface area contributed by atoms with Gasteiger partial charge in [-0.05, 0) is 25.4 Å². The number of nitrogens with zero attached hydrogens (tertiary/aromatic N) is 3. The first-order valence-electron chi connectivity index (χ1n) is 6.37. The normalized spacial score (nSPS) is 16.4. The Labute approximate surface area is 118 Å². The van der Waals surface area contributed by atoms with Crippen molar-refractivity contribution in [3.8, 4) is 0 Å². The van der Waals surface area contributed by atoms with E-state index in [0.29, 0.717) is 5.75 Å². The number of piperazine rings is 1. The van der Waals surface area contributed by atoms with Crippen molar-refractivity contribution in [1.29, 1.82) is 0 Å². The molecule has 104 valence electrons. The van der Waals surface area contributed by atoms with E-state index in [1.54, 1.807) is 6.20 Å². The van der Waals surface area contributed by atoms with Crippen molar-refractivity contribution in [2.75, 3.05) is 55.5 Å². The molecular weight excluding hydrogens is 260 g/mol. The second-order valence-electron chi connectivity index (χ2n) is 4.68. The Morgan fingerprint density at radius 2 is 2.11 bits per heavy atom. The molecule has 1 N–H and O–H groups in total. The van der Waals surface area contributed by atoms with E-state index in [4.69, 9.17) is 0 Å². The van der Waals surface area contributed by atoms with E-state index in [-0.39, 0.29) is 5.91 Å². The zero-order valence-electron chi connectivity index (χ0n) is 11.4. The Kier molecular flexibility index (Phi) is 5.04. The molecule has 0 spiro atoms. The number of carbonyl (C=O) groups is 1. The van der Waals surface area contributed by atoms with Crippen LogP contribution in [0.4, 0.5) is 11.5 Å². The molecule has 0 saturated carbocycles. The lowest BCUT2D eigenvalue weighted by molar-refractivity contribution is -0.113. The van der Waals surface area contributed by atoms with E-state index in [9.17, 15) is 4.79 Å². The quantitative estimate of drug-likeness (QED) is 0.896. The molecule has 1 aromatic heterocycles. The smallest absolute Gasteiger partial charge is 0.234 e. The van der Waals surface area contributed by atoms with Crippen LogP contribution in [0.2, 0.25) is 0 Å². The zero-order valence-corrected chi connectivity index (χ0v) is 12.2. The number of pyridine rings is 1. The lowest BCUT2D eigenvalue weighted by Crippen LogP contribution is -2.44. The zero-order chi connectivity index (χ0) is 13.7. The number of aromatic nitrogens is 1. The van der Waals surface area contributed by atoms with Gasteiger partial charge in [-0.25, -0.2) is 4.98 Å². The summed E-state index contributed by atoms with van der Waals surface area (Å²) < 4.78 is 0. The fourth-order valence-electron chi connectivity index (χ4n) is 2.01. The summed E-state index contributed by atoms with van der Waals surface area (Å²) in [5.41, 5.74) is 0.761. The molecule has 1 amide bonds. The van der Waals surface area contributed by atoms with Crippen molar-refractivity contribution < 1.29 is 4.79 Å². The molecule has 0 atom stereocenters. The third kappa shape index (κ3) is 4.11. The Balaban J connectivity index is 1.92. The van der Waals surface area contributed by atoms with Gasteiger partial charge in [-0.1, -0.05) is 0 Å². The summed E-state index contributed by atoms with van der Waals surface area (Å²) in [5.74, 6) is 1.47. The average Bonchev–Trinajstić information content (AvgIpc) is 2.41. The first-order chi connectivity index (χ1) is 9.19. The number of hydrogen-bond donors (Lipinski definition) is 1. The summed E-state index contributed by atoms with van der Waals surface area (Å²) >= 11 is 1.51. The maximum absolute atomic E-state index is 11.5. The maximum atomic E-state index is 11.5. The second kappa shape index (κ2) is 6.77. The van der Waals surface area contributed by atoms with Crippen LogP contribution in [-0.2, 0) is 4.79 Å². The van der Waals surface area contributed by atoms with Crippen LogP contribution in [0.5, 0.6) is 0 Å². The third-order valence-electron chi connectivity index (χ3n) is 3.13. The standard InChI is InChI=1S/C13H20N4OS/c1-16-5-7-17(8-6-16)12-4-3-11(9-14-12)15-13(18)10-19-2/h3-4,9H,5-8,10H2,1-2H3,(H,15,18). The molecule has 5 nitrogen and oxygen atoms in total. The lowest BCUT2D eigenvalue weighted by Gasteiger charge is -2.33. The Hall–Kier alpha value is -1.27. The van der Waals surface area contributed by atoms with E-state index in [1.165, 1.54) is 11.8 Å². The number of hydrogen-bond acceptors (Lipinski definition) is 5. The van der Waals surface area contributed by atoms with Gasteiger partial charge in [-0.15, -0.1) is 0 Å². The molecule has 1 saturated heterocycles. The van der Waals surface area contributed by atoms with Crippen molar-refractivity contribution in [1.82, 2.24) is 9.88 Å². The number of thioether (sulfide) groups is 1. The molecule has 0 aliphatic carbocycles. The molecule has 2 rings (SSSR count). The van der Waals surface area contributed by atoms with Gasteiger partial charge in [0.15, 0.2) is 0 Å². The highest BCUT2D eigenvalue weighted by atomic mass is 32.2. The Morgan fingerprint density at radius 1 is 1.37 bits per heavy atom. The predicted molar refractivity (Wildman–Crippen MR) is 81.0 cm³/mol. The van der Waals surface area contributed by atoms with Crippen LogP contribution in [0, 0.1) is 0 Å². The Bertz CT molecular complexity index is 415. The fraction of sp³-hybridized carbons (Fsp3) is 0.538. The van der Waals surface area contributed by atoms with Gasteiger partial charge in [0, 0.05) is 26.2 Å². The van der Waals surface area contributed by atoms with Gasteiger partial charge in [0.25, 0.3) is 0 Å². The van der Waals surface area contributed by atoms with Gasteiger partial charge in [-0.2, -0.15) is 11.8 Å². The molecule has 1 aliphatic heterocycles. The molecule has 1 aliphatic rings. The van der Waals surface area contributed by atoms with Crippen molar-refractivity contribution >= 4 is 29.2 Å². The fourth-order valence-corrected chi connectivity index (χ4v) is 2.35. The molecule has 2 heterocycles. The Morgan fingerprint density at radius 3 is 2.68 bits per heavy atom. The molecule has 1 fully saturated rings. The van der Waals surface area contributed by atoms with Crippen molar-refractivity contribution in [2.45, 2.75) is 0 Å². The van der Waals surface area contributed by atoms with E-state index in [2.05, 4.69) is 27.1 Å². The first-order valence-corrected chi connectivity index (χ1v) is 7.77.